The number of aryl methyl sites for hydroxylation is 2. The molecule has 0 bridgehead atoms. The van der Waals surface area contributed by atoms with Gasteiger partial charge in [-0.1, -0.05) is 18.2 Å². The van der Waals surface area contributed by atoms with Crippen molar-refractivity contribution in [2.24, 2.45) is 0 Å². The predicted molar refractivity (Wildman–Crippen MR) is 66.6 cm³/mol. The lowest BCUT2D eigenvalue weighted by molar-refractivity contribution is 0.596. The lowest BCUT2D eigenvalue weighted by atomic mass is 10.2. The SMILES string of the molecule is Cc1cc(C)cc(S(=O)(=O)c2cc[c]cc2)c1. The van der Waals surface area contributed by atoms with Crippen molar-refractivity contribution in [3.8, 4) is 0 Å². The summed E-state index contributed by atoms with van der Waals surface area (Å²) in [6.07, 6.45) is 0. The van der Waals surface area contributed by atoms with Crippen LogP contribution in [0.2, 0.25) is 0 Å². The van der Waals surface area contributed by atoms with Gasteiger partial charge < -0.3 is 0 Å². The van der Waals surface area contributed by atoms with Gasteiger partial charge in [-0.2, -0.15) is 0 Å². The van der Waals surface area contributed by atoms with Gasteiger partial charge in [0.1, 0.15) is 0 Å². The van der Waals surface area contributed by atoms with Gasteiger partial charge in [-0.15, -0.1) is 0 Å². The van der Waals surface area contributed by atoms with Gasteiger partial charge in [0.15, 0.2) is 0 Å². The van der Waals surface area contributed by atoms with Crippen LogP contribution in [0.4, 0.5) is 0 Å². The summed E-state index contributed by atoms with van der Waals surface area (Å²) in [6.45, 7) is 3.79. The van der Waals surface area contributed by atoms with Crippen LogP contribution < -0.4 is 0 Å². The molecule has 0 aliphatic rings. The minimum atomic E-state index is -3.40. The van der Waals surface area contributed by atoms with Crippen LogP contribution in [0.3, 0.4) is 0 Å². The quantitative estimate of drug-likeness (QED) is 0.815. The van der Waals surface area contributed by atoms with Crippen LogP contribution in [0.1, 0.15) is 11.1 Å². The zero-order valence-corrected chi connectivity index (χ0v) is 10.6. The highest BCUT2D eigenvalue weighted by Crippen LogP contribution is 2.22. The zero-order valence-electron chi connectivity index (χ0n) is 9.77. The van der Waals surface area contributed by atoms with E-state index in [1.165, 1.54) is 0 Å². The maximum atomic E-state index is 12.3. The average molecular weight is 245 g/mol. The first-order chi connectivity index (χ1) is 8.00. The molecular formula is C14H13O2S. The maximum Gasteiger partial charge on any atom is 0.206 e. The molecule has 2 nitrogen and oxygen atoms in total. The van der Waals surface area contributed by atoms with Gasteiger partial charge >= 0.3 is 0 Å². The van der Waals surface area contributed by atoms with Crippen LogP contribution in [-0.2, 0) is 9.84 Å². The van der Waals surface area contributed by atoms with Crippen LogP contribution in [0.15, 0.2) is 52.3 Å². The zero-order chi connectivity index (χ0) is 12.5. The molecule has 2 aromatic carbocycles. The van der Waals surface area contributed by atoms with Crippen LogP contribution in [-0.4, -0.2) is 8.42 Å². The number of sulfone groups is 1. The standard InChI is InChI=1S/C14H13O2S/c1-11-8-12(2)10-14(9-11)17(15,16)13-6-4-3-5-7-13/h4-10H,1-2H3. The summed E-state index contributed by atoms with van der Waals surface area (Å²) in [5, 5.41) is 0. The van der Waals surface area contributed by atoms with Crippen molar-refractivity contribution in [2.45, 2.75) is 23.6 Å². The molecule has 0 amide bonds. The van der Waals surface area contributed by atoms with E-state index in [-0.39, 0.29) is 0 Å². The molecule has 0 aliphatic carbocycles. The summed E-state index contributed by atoms with van der Waals surface area (Å²) in [5.74, 6) is 0. The molecule has 0 saturated carbocycles. The van der Waals surface area contributed by atoms with E-state index in [1.807, 2.05) is 19.9 Å². The van der Waals surface area contributed by atoms with E-state index in [2.05, 4.69) is 6.07 Å². The fourth-order valence-corrected chi connectivity index (χ4v) is 3.22. The Balaban J connectivity index is 2.60. The third-order valence-electron chi connectivity index (χ3n) is 2.50. The maximum absolute atomic E-state index is 12.3. The van der Waals surface area contributed by atoms with E-state index < -0.39 is 9.84 Å². The Labute approximate surface area is 102 Å². The van der Waals surface area contributed by atoms with Gasteiger partial charge in [-0.25, -0.2) is 8.42 Å². The summed E-state index contributed by atoms with van der Waals surface area (Å²) < 4.78 is 24.6. The number of benzene rings is 2. The fourth-order valence-electron chi connectivity index (χ4n) is 1.77. The van der Waals surface area contributed by atoms with E-state index in [9.17, 15) is 8.42 Å². The van der Waals surface area contributed by atoms with E-state index >= 15 is 0 Å². The molecule has 0 heterocycles. The molecule has 0 spiro atoms. The molecular weight excluding hydrogens is 232 g/mol. The molecule has 3 heteroatoms. The monoisotopic (exact) mass is 245 g/mol. The third-order valence-corrected chi connectivity index (χ3v) is 4.25. The molecule has 0 fully saturated rings. The molecule has 0 aromatic heterocycles. The Morgan fingerprint density at radius 1 is 0.882 bits per heavy atom. The van der Waals surface area contributed by atoms with Crippen molar-refractivity contribution in [2.75, 3.05) is 0 Å². The summed E-state index contributed by atoms with van der Waals surface area (Å²) in [7, 11) is -3.40. The fraction of sp³-hybridized carbons (Fsp3) is 0.143. The second-order valence-corrected chi connectivity index (χ2v) is 6.01. The molecule has 1 radical (unpaired) electrons. The van der Waals surface area contributed by atoms with Gasteiger partial charge in [0.2, 0.25) is 9.84 Å². The predicted octanol–water partition coefficient (Wildman–Crippen LogP) is 2.94. The summed E-state index contributed by atoms with van der Waals surface area (Å²) in [5.41, 5.74) is 1.90. The number of rotatable bonds is 2. The highest BCUT2D eigenvalue weighted by Gasteiger charge is 2.17. The highest BCUT2D eigenvalue weighted by atomic mass is 32.2. The van der Waals surface area contributed by atoms with Gasteiger partial charge in [0, 0.05) is 0 Å². The van der Waals surface area contributed by atoms with Gasteiger partial charge in [0.25, 0.3) is 0 Å². The molecule has 2 rings (SSSR count). The van der Waals surface area contributed by atoms with Gasteiger partial charge in [0.05, 0.1) is 9.79 Å². The summed E-state index contributed by atoms with van der Waals surface area (Å²) >= 11 is 0. The average Bonchev–Trinajstić information content (AvgIpc) is 2.29. The van der Waals surface area contributed by atoms with Crippen molar-refractivity contribution in [1.29, 1.82) is 0 Å². The second kappa shape index (κ2) is 4.34. The van der Waals surface area contributed by atoms with Crippen molar-refractivity contribution >= 4 is 9.84 Å². The van der Waals surface area contributed by atoms with E-state index in [1.54, 1.807) is 36.4 Å². The minimum absolute atomic E-state index is 0.307. The Bertz CT molecular complexity index is 608. The lowest BCUT2D eigenvalue weighted by Gasteiger charge is -2.06. The van der Waals surface area contributed by atoms with E-state index in [4.69, 9.17) is 0 Å². The van der Waals surface area contributed by atoms with Crippen LogP contribution >= 0.6 is 0 Å². The van der Waals surface area contributed by atoms with Crippen molar-refractivity contribution in [3.63, 3.8) is 0 Å². The normalized spacial score (nSPS) is 11.4. The smallest absolute Gasteiger partial charge is 0.206 e. The van der Waals surface area contributed by atoms with E-state index in [0.717, 1.165) is 11.1 Å². The van der Waals surface area contributed by atoms with Gasteiger partial charge in [-0.05, 0) is 55.3 Å². The first-order valence-corrected chi connectivity index (χ1v) is 6.78. The first kappa shape index (κ1) is 11.9. The largest absolute Gasteiger partial charge is 0.219 e. The highest BCUT2D eigenvalue weighted by molar-refractivity contribution is 7.91. The van der Waals surface area contributed by atoms with Crippen molar-refractivity contribution in [1.82, 2.24) is 0 Å². The van der Waals surface area contributed by atoms with Crippen LogP contribution in [0.25, 0.3) is 0 Å². The van der Waals surface area contributed by atoms with Crippen molar-refractivity contribution < 1.29 is 8.42 Å². The summed E-state index contributed by atoms with van der Waals surface area (Å²) in [4.78, 5) is 0.655. The Morgan fingerprint density at radius 3 is 1.94 bits per heavy atom. The second-order valence-electron chi connectivity index (χ2n) is 4.06. The van der Waals surface area contributed by atoms with Crippen molar-refractivity contribution in [3.05, 3.63) is 59.7 Å². The molecule has 0 N–H and O–H groups in total. The molecule has 0 saturated heterocycles. The molecule has 0 atom stereocenters. The Hall–Kier alpha value is -1.61. The van der Waals surface area contributed by atoms with Crippen LogP contribution in [0, 0.1) is 19.9 Å². The molecule has 87 valence electrons. The molecule has 0 unspecified atom stereocenters. The minimum Gasteiger partial charge on any atom is -0.219 e. The number of hydrogen-bond acceptors (Lipinski definition) is 2. The van der Waals surface area contributed by atoms with Crippen LogP contribution in [0.5, 0.6) is 0 Å². The van der Waals surface area contributed by atoms with Gasteiger partial charge in [-0.3, -0.25) is 0 Å². The Morgan fingerprint density at radius 2 is 1.41 bits per heavy atom. The molecule has 2 aromatic rings. The Kier molecular flexibility index (Phi) is 3.03. The molecule has 0 aliphatic heterocycles. The summed E-state index contributed by atoms with van der Waals surface area (Å²) in [6, 6.07) is 14.5. The molecule has 17 heavy (non-hydrogen) atoms. The van der Waals surface area contributed by atoms with E-state index in [0.29, 0.717) is 9.79 Å². The lowest BCUT2D eigenvalue weighted by Crippen LogP contribution is -2.02. The number of hydrogen-bond donors (Lipinski definition) is 0. The first-order valence-electron chi connectivity index (χ1n) is 5.29. The topological polar surface area (TPSA) is 34.1 Å². The third kappa shape index (κ3) is 2.39.